The van der Waals surface area contributed by atoms with Gasteiger partial charge >= 0.3 is 0 Å². The van der Waals surface area contributed by atoms with Crippen molar-refractivity contribution in [3.63, 3.8) is 0 Å². The number of nitrogens with one attached hydrogen (secondary N) is 1. The Balaban J connectivity index is 2.38. The van der Waals surface area contributed by atoms with Gasteiger partial charge in [-0.2, -0.15) is 0 Å². The van der Waals surface area contributed by atoms with E-state index in [1.54, 1.807) is 0 Å². The molecule has 0 unspecified atom stereocenters. The molecule has 5 nitrogen and oxygen atoms in total. The SMILES string of the molecule is CCc1cccc(C)c1NC(=O)CN(c1c(C)cc(C)cc1C)S(C)(=O)=O. The maximum absolute atomic E-state index is 12.7. The number of sulfonamides is 1. The molecule has 0 spiro atoms. The van der Waals surface area contributed by atoms with Crippen molar-refractivity contribution in [1.29, 1.82) is 0 Å². The molecule has 2 aromatic carbocycles. The largest absolute Gasteiger partial charge is 0.324 e. The maximum Gasteiger partial charge on any atom is 0.245 e. The van der Waals surface area contributed by atoms with Crippen molar-refractivity contribution in [3.05, 3.63) is 58.1 Å². The summed E-state index contributed by atoms with van der Waals surface area (Å²) in [5.74, 6) is -0.358. The van der Waals surface area contributed by atoms with Crippen LogP contribution in [0.25, 0.3) is 0 Å². The minimum atomic E-state index is -3.62. The second kappa shape index (κ2) is 8.13. The van der Waals surface area contributed by atoms with Crippen LogP contribution >= 0.6 is 0 Å². The van der Waals surface area contributed by atoms with Crippen LogP contribution in [0.15, 0.2) is 30.3 Å². The van der Waals surface area contributed by atoms with Crippen LogP contribution in [0.4, 0.5) is 11.4 Å². The van der Waals surface area contributed by atoms with Gasteiger partial charge in [-0.15, -0.1) is 0 Å². The highest BCUT2D eigenvalue weighted by Gasteiger charge is 2.24. The van der Waals surface area contributed by atoms with Crippen molar-refractivity contribution in [2.24, 2.45) is 0 Å². The molecule has 0 fully saturated rings. The number of para-hydroxylation sites is 1. The third kappa shape index (κ3) is 4.89. The Kier molecular flexibility index (Phi) is 6.31. The number of hydrogen-bond donors (Lipinski definition) is 1. The molecule has 1 amide bonds. The van der Waals surface area contributed by atoms with E-state index in [1.807, 2.05) is 65.0 Å². The lowest BCUT2D eigenvalue weighted by Gasteiger charge is -2.26. The van der Waals surface area contributed by atoms with Gasteiger partial charge in [-0.1, -0.05) is 42.8 Å². The molecule has 0 bridgehead atoms. The molecule has 1 N–H and O–H groups in total. The fourth-order valence-electron chi connectivity index (χ4n) is 3.44. The van der Waals surface area contributed by atoms with Crippen LogP contribution in [0.2, 0.25) is 0 Å². The Morgan fingerprint density at radius 2 is 1.63 bits per heavy atom. The molecule has 0 saturated carbocycles. The van der Waals surface area contributed by atoms with E-state index < -0.39 is 10.0 Å². The molecule has 0 atom stereocenters. The first-order valence-corrected chi connectivity index (χ1v) is 10.8. The molecule has 0 aliphatic carbocycles. The van der Waals surface area contributed by atoms with Crippen LogP contribution in [0.5, 0.6) is 0 Å². The van der Waals surface area contributed by atoms with Crippen molar-refractivity contribution in [2.45, 2.75) is 41.0 Å². The van der Waals surface area contributed by atoms with Crippen molar-refractivity contribution < 1.29 is 13.2 Å². The van der Waals surface area contributed by atoms with Gasteiger partial charge in [0.1, 0.15) is 6.54 Å². The minimum absolute atomic E-state index is 0.263. The summed E-state index contributed by atoms with van der Waals surface area (Å²) in [6.07, 6.45) is 1.91. The normalized spacial score (nSPS) is 11.3. The lowest BCUT2D eigenvalue weighted by molar-refractivity contribution is -0.114. The summed E-state index contributed by atoms with van der Waals surface area (Å²) in [4.78, 5) is 12.7. The lowest BCUT2D eigenvalue weighted by Crippen LogP contribution is -2.38. The molecule has 2 rings (SSSR count). The number of carbonyl (C=O) groups excluding carboxylic acids is 1. The van der Waals surface area contributed by atoms with E-state index in [1.165, 1.54) is 4.31 Å². The van der Waals surface area contributed by atoms with Crippen LogP contribution in [0, 0.1) is 27.7 Å². The molecular weight excluding hydrogens is 360 g/mol. The smallest absolute Gasteiger partial charge is 0.245 e. The second-order valence-electron chi connectivity index (χ2n) is 7.03. The Hall–Kier alpha value is -2.34. The molecule has 146 valence electrons. The van der Waals surface area contributed by atoms with Gasteiger partial charge in [-0.25, -0.2) is 8.42 Å². The molecular formula is C21H28N2O3S. The molecule has 27 heavy (non-hydrogen) atoms. The van der Waals surface area contributed by atoms with Crippen LogP contribution in [-0.4, -0.2) is 27.1 Å². The van der Waals surface area contributed by atoms with Crippen molar-refractivity contribution in [2.75, 3.05) is 22.4 Å². The minimum Gasteiger partial charge on any atom is -0.324 e. The monoisotopic (exact) mass is 388 g/mol. The summed E-state index contributed by atoms with van der Waals surface area (Å²) in [5.41, 5.74) is 6.02. The number of aryl methyl sites for hydroxylation is 5. The second-order valence-corrected chi connectivity index (χ2v) is 8.93. The van der Waals surface area contributed by atoms with E-state index in [9.17, 15) is 13.2 Å². The van der Waals surface area contributed by atoms with Gasteiger partial charge in [0.15, 0.2) is 0 Å². The summed E-state index contributed by atoms with van der Waals surface area (Å²) in [6.45, 7) is 9.38. The first-order chi connectivity index (χ1) is 12.5. The predicted octanol–water partition coefficient (Wildman–Crippen LogP) is 3.89. The summed E-state index contributed by atoms with van der Waals surface area (Å²) >= 11 is 0. The Labute approximate surface area is 162 Å². The molecule has 6 heteroatoms. The molecule has 2 aromatic rings. The first-order valence-electron chi connectivity index (χ1n) is 8.98. The fourth-order valence-corrected chi connectivity index (χ4v) is 4.41. The number of amides is 1. The van der Waals surface area contributed by atoms with Crippen molar-refractivity contribution in [1.82, 2.24) is 0 Å². The zero-order chi connectivity index (χ0) is 20.4. The number of hydrogen-bond acceptors (Lipinski definition) is 3. The van der Waals surface area contributed by atoms with E-state index in [-0.39, 0.29) is 12.5 Å². The Morgan fingerprint density at radius 3 is 2.15 bits per heavy atom. The predicted molar refractivity (Wildman–Crippen MR) is 112 cm³/mol. The zero-order valence-corrected chi connectivity index (χ0v) is 17.7. The topological polar surface area (TPSA) is 66.5 Å². The first kappa shape index (κ1) is 21.0. The number of anilines is 2. The van der Waals surface area contributed by atoms with Crippen molar-refractivity contribution >= 4 is 27.3 Å². The van der Waals surface area contributed by atoms with Crippen LogP contribution in [-0.2, 0) is 21.2 Å². The molecule has 0 saturated heterocycles. The van der Waals surface area contributed by atoms with Crippen LogP contribution in [0.3, 0.4) is 0 Å². The zero-order valence-electron chi connectivity index (χ0n) is 16.9. The van der Waals surface area contributed by atoms with E-state index in [4.69, 9.17) is 0 Å². The maximum atomic E-state index is 12.7. The number of benzene rings is 2. The number of carbonyl (C=O) groups is 1. The highest BCUT2D eigenvalue weighted by molar-refractivity contribution is 7.92. The van der Waals surface area contributed by atoms with Crippen LogP contribution < -0.4 is 9.62 Å². The Bertz CT molecular complexity index is 942. The highest BCUT2D eigenvalue weighted by atomic mass is 32.2. The van der Waals surface area contributed by atoms with E-state index in [0.29, 0.717) is 5.69 Å². The van der Waals surface area contributed by atoms with Crippen LogP contribution in [0.1, 0.15) is 34.7 Å². The van der Waals surface area contributed by atoms with Gasteiger partial charge in [0.05, 0.1) is 11.9 Å². The lowest BCUT2D eigenvalue weighted by atomic mass is 10.0. The molecule has 0 heterocycles. The Morgan fingerprint density at radius 1 is 1.04 bits per heavy atom. The molecule has 0 aliphatic rings. The standard InChI is InChI=1S/C21H28N2O3S/c1-7-18-10-8-9-15(3)20(18)22-19(24)13-23(27(6,25)26)21-16(4)11-14(2)12-17(21)5/h8-12H,7,13H2,1-6H3,(H,22,24). The molecule has 0 aliphatic heterocycles. The van der Waals surface area contributed by atoms with Gasteiger partial charge in [-0.05, 0) is 56.4 Å². The van der Waals surface area contributed by atoms with Gasteiger partial charge in [0, 0.05) is 5.69 Å². The van der Waals surface area contributed by atoms with Gasteiger partial charge in [0.25, 0.3) is 0 Å². The van der Waals surface area contributed by atoms with Crippen molar-refractivity contribution in [3.8, 4) is 0 Å². The fraction of sp³-hybridized carbons (Fsp3) is 0.381. The highest BCUT2D eigenvalue weighted by Crippen LogP contribution is 2.28. The third-order valence-corrected chi connectivity index (χ3v) is 5.69. The van der Waals surface area contributed by atoms with Gasteiger partial charge < -0.3 is 5.32 Å². The summed E-state index contributed by atoms with van der Waals surface area (Å²) in [5, 5.41) is 2.91. The summed E-state index contributed by atoms with van der Waals surface area (Å²) < 4.78 is 26.1. The number of nitrogens with zero attached hydrogens (tertiary/aromatic N) is 1. The van der Waals surface area contributed by atoms with E-state index in [2.05, 4.69) is 5.32 Å². The summed E-state index contributed by atoms with van der Waals surface area (Å²) in [6, 6.07) is 9.69. The molecule has 0 aromatic heterocycles. The average molecular weight is 389 g/mol. The summed E-state index contributed by atoms with van der Waals surface area (Å²) in [7, 11) is -3.62. The van der Waals surface area contributed by atoms with E-state index >= 15 is 0 Å². The van der Waals surface area contributed by atoms with E-state index in [0.717, 1.165) is 46.2 Å². The number of rotatable bonds is 6. The van der Waals surface area contributed by atoms with Gasteiger partial charge in [0.2, 0.25) is 15.9 Å². The van der Waals surface area contributed by atoms with Gasteiger partial charge in [-0.3, -0.25) is 9.10 Å². The average Bonchev–Trinajstić information content (AvgIpc) is 2.54. The molecule has 0 radical (unpaired) electrons. The quantitative estimate of drug-likeness (QED) is 0.816. The third-order valence-electron chi connectivity index (χ3n) is 4.58.